The van der Waals surface area contributed by atoms with Crippen molar-refractivity contribution < 1.29 is 14.6 Å². The van der Waals surface area contributed by atoms with Gasteiger partial charge in [0.25, 0.3) is 0 Å². The van der Waals surface area contributed by atoms with E-state index in [9.17, 15) is 10.1 Å². The molecule has 0 aromatic carbocycles. The molecule has 1 amide bonds. The lowest BCUT2D eigenvalue weighted by atomic mass is 9.81. The van der Waals surface area contributed by atoms with Crippen LogP contribution in [0.2, 0.25) is 0 Å². The quantitative estimate of drug-likeness (QED) is 0.905. The zero-order valence-corrected chi connectivity index (χ0v) is 14.4. The molecule has 1 N–H and O–H groups in total. The van der Waals surface area contributed by atoms with Crippen LogP contribution in [0.25, 0.3) is 0 Å². The van der Waals surface area contributed by atoms with Gasteiger partial charge in [-0.3, -0.25) is 4.98 Å². The fourth-order valence-electron chi connectivity index (χ4n) is 3.96. The molecule has 0 unspecified atom stereocenters. The summed E-state index contributed by atoms with van der Waals surface area (Å²) in [5.74, 6) is 0.898. The summed E-state index contributed by atoms with van der Waals surface area (Å²) in [5, 5.41) is 18.2. The molecular weight excluding hydrogens is 318 g/mol. The third kappa shape index (κ3) is 4.49. The maximum Gasteiger partial charge on any atom is 0.407 e. The number of rotatable bonds is 4. The lowest BCUT2D eigenvalue weighted by Gasteiger charge is -2.33. The Hall–Kier alpha value is -2.13. The van der Waals surface area contributed by atoms with Crippen molar-refractivity contribution in [3.05, 3.63) is 29.6 Å². The molecule has 134 valence electrons. The highest BCUT2D eigenvalue weighted by Gasteiger charge is 2.27. The molecule has 2 aliphatic rings. The van der Waals surface area contributed by atoms with Crippen molar-refractivity contribution in [2.75, 3.05) is 19.7 Å². The second-order valence-electron chi connectivity index (χ2n) is 7.09. The lowest BCUT2D eigenvalue weighted by molar-refractivity contribution is -0.00673. The highest BCUT2D eigenvalue weighted by Crippen LogP contribution is 2.35. The van der Waals surface area contributed by atoms with Crippen molar-refractivity contribution in [2.45, 2.75) is 50.5 Å². The first-order valence-electron chi connectivity index (χ1n) is 9.11. The Labute approximate surface area is 148 Å². The predicted molar refractivity (Wildman–Crippen MR) is 92.2 cm³/mol. The van der Waals surface area contributed by atoms with Gasteiger partial charge in [0.2, 0.25) is 0 Å². The normalized spacial score (nSPS) is 24.7. The highest BCUT2D eigenvalue weighted by atomic mass is 16.5. The summed E-state index contributed by atoms with van der Waals surface area (Å²) < 4.78 is 6.12. The Kier molecular flexibility index (Phi) is 5.87. The summed E-state index contributed by atoms with van der Waals surface area (Å²) in [5.41, 5.74) is 1.81. The molecule has 2 fully saturated rings. The van der Waals surface area contributed by atoms with Crippen LogP contribution in [0.3, 0.4) is 0 Å². The first kappa shape index (κ1) is 17.7. The van der Waals surface area contributed by atoms with Crippen LogP contribution in [0.15, 0.2) is 18.5 Å². The predicted octanol–water partition coefficient (Wildman–Crippen LogP) is 3.39. The number of carbonyl (C=O) groups is 1. The van der Waals surface area contributed by atoms with Gasteiger partial charge in [0.1, 0.15) is 6.07 Å². The maximum atomic E-state index is 10.9. The average molecular weight is 343 g/mol. The van der Waals surface area contributed by atoms with Gasteiger partial charge in [-0.25, -0.2) is 4.79 Å². The van der Waals surface area contributed by atoms with Crippen LogP contribution in [0.5, 0.6) is 0 Å². The number of nitrogens with zero attached hydrogens (tertiary/aromatic N) is 3. The third-order valence-corrected chi connectivity index (χ3v) is 5.54. The van der Waals surface area contributed by atoms with Crippen LogP contribution in [0.1, 0.15) is 55.6 Å². The van der Waals surface area contributed by atoms with Crippen LogP contribution in [-0.4, -0.2) is 46.9 Å². The van der Waals surface area contributed by atoms with Gasteiger partial charge >= 0.3 is 6.09 Å². The van der Waals surface area contributed by atoms with Crippen LogP contribution in [0.4, 0.5) is 4.79 Å². The van der Waals surface area contributed by atoms with Crippen molar-refractivity contribution in [3.63, 3.8) is 0 Å². The highest BCUT2D eigenvalue weighted by molar-refractivity contribution is 5.64. The van der Waals surface area contributed by atoms with Gasteiger partial charge in [0.05, 0.1) is 11.7 Å². The van der Waals surface area contributed by atoms with Crippen LogP contribution >= 0.6 is 0 Å². The summed E-state index contributed by atoms with van der Waals surface area (Å²) >= 11 is 0. The Morgan fingerprint density at radius 1 is 1.28 bits per heavy atom. The maximum absolute atomic E-state index is 10.9. The van der Waals surface area contributed by atoms with E-state index in [1.54, 1.807) is 12.4 Å². The molecule has 0 bridgehead atoms. The fraction of sp³-hybridized carbons (Fsp3) is 0.632. The Morgan fingerprint density at radius 2 is 2.00 bits per heavy atom. The van der Waals surface area contributed by atoms with E-state index in [0.717, 1.165) is 50.7 Å². The molecule has 6 nitrogen and oxygen atoms in total. The number of aromatic nitrogens is 1. The molecule has 1 aromatic rings. The Morgan fingerprint density at radius 3 is 2.64 bits per heavy atom. The SMILES string of the molecule is N#Cc1cnccc1C1CCC(OCC2CCN(C(=O)O)CC2)CC1. The Bertz CT molecular complexity index is 627. The molecule has 1 aliphatic heterocycles. The summed E-state index contributed by atoms with van der Waals surface area (Å²) in [7, 11) is 0. The molecule has 2 heterocycles. The smallest absolute Gasteiger partial charge is 0.407 e. The standard InChI is InChI=1S/C19H25N3O3/c20-11-16-12-21-8-5-18(16)15-1-3-17(4-2-15)25-13-14-6-9-22(10-7-14)19(23)24/h5,8,12,14-15,17H,1-4,6-7,9-10,13H2,(H,23,24). The van der Waals surface area contributed by atoms with Crippen LogP contribution < -0.4 is 0 Å². The average Bonchev–Trinajstić information content (AvgIpc) is 2.67. The third-order valence-electron chi connectivity index (χ3n) is 5.54. The van der Waals surface area contributed by atoms with Crippen LogP contribution in [-0.2, 0) is 4.74 Å². The molecule has 1 aromatic heterocycles. The van der Waals surface area contributed by atoms with Crippen molar-refractivity contribution in [2.24, 2.45) is 5.92 Å². The number of hydrogen-bond donors (Lipinski definition) is 1. The molecule has 0 atom stereocenters. The number of carboxylic acid groups (broad SMARTS) is 1. The zero-order valence-electron chi connectivity index (χ0n) is 14.4. The topological polar surface area (TPSA) is 86.5 Å². The van der Waals surface area contributed by atoms with E-state index >= 15 is 0 Å². The van der Waals surface area contributed by atoms with Crippen molar-refractivity contribution in [1.29, 1.82) is 5.26 Å². The lowest BCUT2D eigenvalue weighted by Crippen LogP contribution is -2.39. The van der Waals surface area contributed by atoms with Crippen molar-refractivity contribution >= 4 is 6.09 Å². The molecule has 1 saturated heterocycles. The summed E-state index contributed by atoms with van der Waals surface area (Å²) in [6, 6.07) is 4.22. The fourth-order valence-corrected chi connectivity index (χ4v) is 3.96. The van der Waals surface area contributed by atoms with E-state index in [1.165, 1.54) is 4.90 Å². The number of amides is 1. The van der Waals surface area contributed by atoms with Gasteiger partial charge in [-0.15, -0.1) is 0 Å². The molecule has 0 radical (unpaired) electrons. The monoisotopic (exact) mass is 343 g/mol. The first-order valence-corrected chi connectivity index (χ1v) is 9.11. The van der Waals surface area contributed by atoms with E-state index in [0.29, 0.717) is 36.6 Å². The van der Waals surface area contributed by atoms with Crippen molar-refractivity contribution in [1.82, 2.24) is 9.88 Å². The molecule has 1 aliphatic carbocycles. The first-order chi connectivity index (χ1) is 12.2. The second kappa shape index (κ2) is 8.30. The van der Waals surface area contributed by atoms with Gasteiger partial charge in [0, 0.05) is 32.1 Å². The van der Waals surface area contributed by atoms with Crippen molar-refractivity contribution in [3.8, 4) is 6.07 Å². The molecule has 3 rings (SSSR count). The molecule has 6 heteroatoms. The van der Waals surface area contributed by atoms with Gasteiger partial charge < -0.3 is 14.7 Å². The number of pyridine rings is 1. The van der Waals surface area contributed by atoms with E-state index in [-0.39, 0.29) is 0 Å². The summed E-state index contributed by atoms with van der Waals surface area (Å²) in [6.45, 7) is 1.98. The van der Waals surface area contributed by atoms with Gasteiger partial charge in [-0.1, -0.05) is 0 Å². The minimum absolute atomic E-state index is 0.293. The molecule has 1 saturated carbocycles. The minimum atomic E-state index is -0.814. The Balaban J connectivity index is 1.41. The summed E-state index contributed by atoms with van der Waals surface area (Å²) in [6.07, 6.45) is 8.81. The second-order valence-corrected chi connectivity index (χ2v) is 7.09. The van der Waals surface area contributed by atoms with Crippen LogP contribution in [0, 0.1) is 17.2 Å². The van der Waals surface area contributed by atoms with E-state index in [4.69, 9.17) is 9.84 Å². The molecular formula is C19H25N3O3. The van der Waals surface area contributed by atoms with E-state index in [2.05, 4.69) is 11.1 Å². The zero-order chi connectivity index (χ0) is 17.6. The van der Waals surface area contributed by atoms with E-state index in [1.807, 2.05) is 6.07 Å². The van der Waals surface area contributed by atoms with Gasteiger partial charge in [-0.05, 0) is 62.0 Å². The largest absolute Gasteiger partial charge is 0.465 e. The minimum Gasteiger partial charge on any atom is -0.465 e. The van der Waals surface area contributed by atoms with Gasteiger partial charge in [-0.2, -0.15) is 5.26 Å². The number of nitriles is 1. The number of piperidine rings is 1. The number of ether oxygens (including phenoxy) is 1. The summed E-state index contributed by atoms with van der Waals surface area (Å²) in [4.78, 5) is 16.5. The number of likely N-dealkylation sites (tertiary alicyclic amines) is 1. The molecule has 0 spiro atoms. The van der Waals surface area contributed by atoms with E-state index < -0.39 is 6.09 Å². The molecule has 25 heavy (non-hydrogen) atoms. The van der Waals surface area contributed by atoms with Gasteiger partial charge in [0.15, 0.2) is 0 Å². The number of hydrogen-bond acceptors (Lipinski definition) is 4.